The van der Waals surface area contributed by atoms with Crippen molar-refractivity contribution in [2.75, 3.05) is 11.9 Å². The van der Waals surface area contributed by atoms with Crippen LogP contribution in [0.4, 0.5) is 0 Å². The Bertz CT molecular complexity index is 731. The summed E-state index contributed by atoms with van der Waals surface area (Å²) in [7, 11) is 0. The third-order valence-corrected chi connectivity index (χ3v) is 5.10. The molecule has 0 saturated heterocycles. The van der Waals surface area contributed by atoms with Crippen molar-refractivity contribution in [3.63, 3.8) is 0 Å². The van der Waals surface area contributed by atoms with E-state index in [4.69, 9.17) is 16.2 Å². The zero-order valence-corrected chi connectivity index (χ0v) is 18.2. The smallest absolute Gasteiger partial charge is 0.336 e. The lowest BCUT2D eigenvalue weighted by molar-refractivity contribution is -0.157. The van der Waals surface area contributed by atoms with Gasteiger partial charge < -0.3 is 26.6 Å². The van der Waals surface area contributed by atoms with E-state index in [1.165, 1.54) is 0 Å². The van der Waals surface area contributed by atoms with Crippen LogP contribution in [0.15, 0.2) is 30.3 Å². The number of esters is 1. The number of nitrogens with one attached hydrogen (secondary N) is 1. The van der Waals surface area contributed by atoms with Crippen LogP contribution in [0.2, 0.25) is 0 Å². The average Bonchev–Trinajstić information content (AvgIpc) is 2.74. The first kappa shape index (κ1) is 25.7. The summed E-state index contributed by atoms with van der Waals surface area (Å²) in [6, 6.07) is 7.50. The van der Waals surface area contributed by atoms with Crippen molar-refractivity contribution in [2.45, 2.75) is 50.3 Å². The first-order valence-corrected chi connectivity index (χ1v) is 10.7. The number of ketones is 1. The zero-order valence-electron chi connectivity index (χ0n) is 16.6. The van der Waals surface area contributed by atoms with Crippen molar-refractivity contribution in [1.29, 1.82) is 0 Å². The number of nitrogens with two attached hydrogens (primary N) is 2. The third-order valence-electron chi connectivity index (χ3n) is 4.47. The lowest BCUT2D eigenvalue weighted by Crippen LogP contribution is -2.62. The molecule has 1 rings (SSSR count). The second-order valence-corrected chi connectivity index (χ2v) is 7.41. The van der Waals surface area contributed by atoms with Crippen molar-refractivity contribution in [1.82, 2.24) is 5.32 Å². The summed E-state index contributed by atoms with van der Waals surface area (Å²) in [5.41, 5.74) is 10.2. The van der Waals surface area contributed by atoms with E-state index in [2.05, 4.69) is 21.2 Å². The lowest BCUT2D eigenvalue weighted by atomic mass is 9.91. The molecule has 1 aromatic rings. The first-order valence-electron chi connectivity index (χ1n) is 9.56. The molecule has 166 valence electrons. The number of carbonyl (C=O) groups is 4. The summed E-state index contributed by atoms with van der Waals surface area (Å²) < 4.78 is 5.24. The molecule has 0 bridgehead atoms. The molecule has 0 heterocycles. The Hall–Kier alpha value is -2.30. The van der Waals surface area contributed by atoms with Gasteiger partial charge in [0.05, 0.1) is 5.33 Å². The molecule has 0 saturated carbocycles. The van der Waals surface area contributed by atoms with E-state index >= 15 is 0 Å². The molecule has 9 nitrogen and oxygen atoms in total. The number of aliphatic carboxylic acids is 1. The Morgan fingerprint density at radius 2 is 1.83 bits per heavy atom. The van der Waals surface area contributed by atoms with Crippen LogP contribution in [0.3, 0.4) is 0 Å². The number of carboxylic acids is 1. The number of Topliss-reactive ketones (excluding diaryl/α,β-unsaturated/α-hetero) is 1. The molecule has 0 aliphatic heterocycles. The number of carboxylic acid groups (broad SMARTS) is 1. The van der Waals surface area contributed by atoms with Crippen molar-refractivity contribution < 1.29 is 29.0 Å². The number of benzene rings is 1. The molecule has 0 aliphatic carbocycles. The highest BCUT2D eigenvalue weighted by molar-refractivity contribution is 9.09. The van der Waals surface area contributed by atoms with Crippen LogP contribution in [0, 0.1) is 0 Å². The Labute approximate surface area is 183 Å². The van der Waals surface area contributed by atoms with Gasteiger partial charge in [-0.25, -0.2) is 9.59 Å². The Morgan fingerprint density at radius 1 is 1.17 bits per heavy atom. The molecule has 2 atom stereocenters. The van der Waals surface area contributed by atoms with Gasteiger partial charge in [-0.15, -0.1) is 0 Å². The average molecular weight is 486 g/mol. The standard InChI is InChI=1S/C20H28BrN3O6/c21-12-15(25)8-9-16(17(26)27)24-18(28)20(23,10-4-5-11-22)19(29)30-13-14-6-2-1-3-7-14/h1-3,6-7,16H,4-5,8-13,22-23H2,(H,24,28)(H,26,27)/t16-,20-/m0/s1. The summed E-state index contributed by atoms with van der Waals surface area (Å²) in [5, 5.41) is 11.7. The molecule has 0 radical (unpaired) electrons. The fourth-order valence-corrected chi connectivity index (χ4v) is 2.91. The highest BCUT2D eigenvalue weighted by Gasteiger charge is 2.44. The summed E-state index contributed by atoms with van der Waals surface area (Å²) in [6.45, 7) is 0.272. The number of unbranched alkanes of at least 4 members (excludes halogenated alkanes) is 1. The quantitative estimate of drug-likeness (QED) is 0.130. The minimum atomic E-state index is -2.07. The molecule has 30 heavy (non-hydrogen) atoms. The minimum absolute atomic E-state index is 0.0499. The molecule has 1 aromatic carbocycles. The monoisotopic (exact) mass is 485 g/mol. The topological polar surface area (TPSA) is 162 Å². The number of ether oxygens (including phenoxy) is 1. The molecular formula is C20H28BrN3O6. The predicted molar refractivity (Wildman–Crippen MR) is 114 cm³/mol. The van der Waals surface area contributed by atoms with Crippen LogP contribution in [0.25, 0.3) is 0 Å². The van der Waals surface area contributed by atoms with Crippen molar-refractivity contribution in [3.8, 4) is 0 Å². The van der Waals surface area contributed by atoms with Crippen molar-refractivity contribution >= 4 is 39.6 Å². The maximum absolute atomic E-state index is 12.8. The largest absolute Gasteiger partial charge is 0.480 e. The van der Waals surface area contributed by atoms with Gasteiger partial charge in [0.2, 0.25) is 0 Å². The maximum atomic E-state index is 12.8. The molecule has 0 unspecified atom stereocenters. The molecule has 0 aliphatic rings. The fraction of sp³-hybridized carbons (Fsp3) is 0.500. The van der Waals surface area contributed by atoms with Gasteiger partial charge in [-0.2, -0.15) is 0 Å². The maximum Gasteiger partial charge on any atom is 0.336 e. The molecule has 0 spiro atoms. The summed E-state index contributed by atoms with van der Waals surface area (Å²) in [4.78, 5) is 48.5. The van der Waals surface area contributed by atoms with Crippen LogP contribution in [-0.4, -0.2) is 52.2 Å². The fourth-order valence-electron chi connectivity index (χ4n) is 2.62. The van der Waals surface area contributed by atoms with E-state index in [9.17, 15) is 24.3 Å². The van der Waals surface area contributed by atoms with E-state index in [1.807, 2.05) is 6.07 Å². The Kier molecular flexibility index (Phi) is 11.2. The second-order valence-electron chi connectivity index (χ2n) is 6.85. The van der Waals surface area contributed by atoms with E-state index < -0.39 is 29.4 Å². The molecular weight excluding hydrogens is 458 g/mol. The SMILES string of the molecule is NCCCC[C@](N)(C(=O)N[C@@H](CCC(=O)CBr)C(=O)O)C(=O)OCc1ccccc1. The predicted octanol–water partition coefficient (Wildman–Crippen LogP) is 0.870. The van der Waals surface area contributed by atoms with Crippen LogP contribution >= 0.6 is 15.9 Å². The van der Waals surface area contributed by atoms with Crippen LogP contribution in [0.1, 0.15) is 37.7 Å². The van der Waals surface area contributed by atoms with Gasteiger partial charge in [-0.05, 0) is 37.8 Å². The zero-order chi connectivity index (χ0) is 22.6. The molecule has 0 aromatic heterocycles. The highest BCUT2D eigenvalue weighted by Crippen LogP contribution is 2.17. The number of carbonyl (C=O) groups excluding carboxylic acids is 3. The molecule has 6 N–H and O–H groups in total. The first-order chi connectivity index (χ1) is 14.2. The number of alkyl halides is 1. The highest BCUT2D eigenvalue weighted by atomic mass is 79.9. The number of hydrogen-bond acceptors (Lipinski definition) is 7. The van der Waals surface area contributed by atoms with E-state index in [0.29, 0.717) is 24.9 Å². The summed E-state index contributed by atoms with van der Waals surface area (Å²) in [6.07, 6.45) is 0.673. The van der Waals surface area contributed by atoms with Gasteiger partial charge in [0.15, 0.2) is 5.54 Å². The number of halogens is 1. The van der Waals surface area contributed by atoms with Gasteiger partial charge >= 0.3 is 11.9 Å². The van der Waals surface area contributed by atoms with E-state index in [1.54, 1.807) is 24.3 Å². The Morgan fingerprint density at radius 3 is 2.40 bits per heavy atom. The lowest BCUT2D eigenvalue weighted by Gasteiger charge is -2.28. The number of rotatable bonds is 14. The molecule has 10 heteroatoms. The van der Waals surface area contributed by atoms with Gasteiger partial charge in [-0.3, -0.25) is 9.59 Å². The Balaban J connectivity index is 2.90. The van der Waals surface area contributed by atoms with Gasteiger partial charge in [-0.1, -0.05) is 46.3 Å². The van der Waals surface area contributed by atoms with Crippen LogP contribution in [0.5, 0.6) is 0 Å². The third kappa shape index (κ3) is 8.21. The second kappa shape index (κ2) is 13.1. The van der Waals surface area contributed by atoms with Gasteiger partial charge in [0.1, 0.15) is 18.4 Å². The van der Waals surface area contributed by atoms with E-state index in [0.717, 1.165) is 0 Å². The minimum Gasteiger partial charge on any atom is -0.480 e. The number of hydrogen-bond donors (Lipinski definition) is 4. The van der Waals surface area contributed by atoms with Crippen LogP contribution in [-0.2, 0) is 30.5 Å². The number of amides is 1. The van der Waals surface area contributed by atoms with Crippen LogP contribution < -0.4 is 16.8 Å². The van der Waals surface area contributed by atoms with Crippen molar-refractivity contribution in [2.24, 2.45) is 11.5 Å². The molecule has 0 fully saturated rings. The molecule has 1 amide bonds. The van der Waals surface area contributed by atoms with Gasteiger partial charge in [0, 0.05) is 6.42 Å². The normalized spacial score (nSPS) is 13.7. The van der Waals surface area contributed by atoms with Gasteiger partial charge in [0.25, 0.3) is 5.91 Å². The van der Waals surface area contributed by atoms with Crippen molar-refractivity contribution in [3.05, 3.63) is 35.9 Å². The van der Waals surface area contributed by atoms with E-state index in [-0.39, 0.29) is 37.0 Å². The summed E-state index contributed by atoms with van der Waals surface area (Å²) >= 11 is 3.00. The summed E-state index contributed by atoms with van der Waals surface area (Å²) in [5.74, 6) is -3.45.